The Morgan fingerprint density at radius 3 is 3.12 bits per heavy atom. The van der Waals surface area contributed by atoms with Crippen LogP contribution in [0.5, 0.6) is 0 Å². The monoisotopic (exact) mass is 247 g/mol. The van der Waals surface area contributed by atoms with Crippen LogP contribution in [-0.2, 0) is 4.74 Å². The number of aliphatic hydroxyl groups excluding tert-OH is 1. The van der Waals surface area contributed by atoms with E-state index in [2.05, 4.69) is 4.98 Å². The zero-order chi connectivity index (χ0) is 11.7. The summed E-state index contributed by atoms with van der Waals surface area (Å²) in [5, 5.41) is 19.2. The topological polar surface area (TPSA) is 90.4 Å². The van der Waals surface area contributed by atoms with Gasteiger partial charge in [0.15, 0.2) is 6.23 Å². The Hall–Kier alpha value is -1.18. The van der Waals surface area contributed by atoms with Crippen molar-refractivity contribution in [2.45, 2.75) is 24.1 Å². The molecule has 0 saturated carbocycles. The van der Waals surface area contributed by atoms with Crippen molar-refractivity contribution in [3.8, 4) is 0 Å². The first-order chi connectivity index (χ1) is 7.63. The van der Waals surface area contributed by atoms with Crippen LogP contribution in [-0.4, -0.2) is 37.7 Å². The zero-order valence-electron chi connectivity index (χ0n) is 8.19. The van der Waals surface area contributed by atoms with Crippen LogP contribution in [0.3, 0.4) is 0 Å². The molecule has 1 aromatic heterocycles. The Morgan fingerprint density at radius 1 is 1.81 bits per heavy atom. The standard InChI is InChI=1S/C8H10ClN3O4/c9-6-3-5(4-13)16-7(6)11-2-1-10-8(11)12(14)15/h1-2,5-7,13H,3-4H2/t5-,6+,7+/m0/s1. The van der Waals surface area contributed by atoms with Crippen molar-refractivity contribution in [3.05, 3.63) is 22.5 Å². The van der Waals surface area contributed by atoms with Crippen molar-refractivity contribution < 1.29 is 14.8 Å². The van der Waals surface area contributed by atoms with Crippen LogP contribution >= 0.6 is 11.6 Å². The van der Waals surface area contributed by atoms with Gasteiger partial charge in [-0.2, -0.15) is 0 Å². The molecule has 1 saturated heterocycles. The molecule has 2 rings (SSSR count). The molecule has 88 valence electrons. The van der Waals surface area contributed by atoms with Gasteiger partial charge in [0, 0.05) is 0 Å². The predicted octanol–water partition coefficient (Wildman–Crippen LogP) is 0.678. The summed E-state index contributed by atoms with van der Waals surface area (Å²) in [6, 6.07) is 0. The zero-order valence-corrected chi connectivity index (χ0v) is 8.95. The number of halogens is 1. The quantitative estimate of drug-likeness (QED) is 0.482. The van der Waals surface area contributed by atoms with Crippen molar-refractivity contribution in [3.63, 3.8) is 0 Å². The number of hydrogen-bond donors (Lipinski definition) is 1. The molecule has 1 aromatic rings. The first-order valence-corrected chi connectivity index (χ1v) is 5.14. The van der Waals surface area contributed by atoms with E-state index in [4.69, 9.17) is 21.4 Å². The second-order valence-corrected chi connectivity index (χ2v) is 4.04. The summed E-state index contributed by atoms with van der Waals surface area (Å²) in [7, 11) is 0. The highest BCUT2D eigenvalue weighted by Crippen LogP contribution is 2.34. The van der Waals surface area contributed by atoms with Crippen molar-refractivity contribution in [1.82, 2.24) is 9.55 Å². The minimum atomic E-state index is -0.651. The average molecular weight is 248 g/mol. The van der Waals surface area contributed by atoms with Gasteiger partial charge in [-0.1, -0.05) is 4.98 Å². The Balaban J connectivity index is 2.24. The fraction of sp³-hybridized carbons (Fsp3) is 0.625. The minimum absolute atomic E-state index is 0.151. The third kappa shape index (κ3) is 1.89. The highest BCUT2D eigenvalue weighted by atomic mass is 35.5. The molecule has 2 heterocycles. The molecule has 1 aliphatic rings. The Labute approximate surface area is 95.8 Å². The molecule has 1 N–H and O–H groups in total. The van der Waals surface area contributed by atoms with Crippen LogP contribution in [0.4, 0.5) is 5.95 Å². The summed E-state index contributed by atoms with van der Waals surface area (Å²) >= 11 is 6.01. The molecule has 1 fully saturated rings. The smallest absolute Gasteiger partial charge is 0.394 e. The van der Waals surface area contributed by atoms with E-state index in [9.17, 15) is 10.1 Å². The first-order valence-electron chi connectivity index (χ1n) is 4.71. The van der Waals surface area contributed by atoms with Gasteiger partial charge in [0.2, 0.25) is 0 Å². The number of nitrogens with zero attached hydrogens (tertiary/aromatic N) is 3. The Kier molecular flexibility index (Phi) is 3.08. The van der Waals surface area contributed by atoms with Crippen LogP contribution in [0.1, 0.15) is 12.6 Å². The van der Waals surface area contributed by atoms with Gasteiger partial charge < -0.3 is 20.0 Å². The van der Waals surface area contributed by atoms with Gasteiger partial charge in [-0.3, -0.25) is 0 Å². The Morgan fingerprint density at radius 2 is 2.56 bits per heavy atom. The van der Waals surface area contributed by atoms with E-state index in [0.717, 1.165) is 0 Å². The van der Waals surface area contributed by atoms with E-state index < -0.39 is 16.5 Å². The number of nitro groups is 1. The summed E-state index contributed by atoms with van der Waals surface area (Å²) in [5.41, 5.74) is 0. The molecule has 0 bridgehead atoms. The molecule has 0 spiro atoms. The summed E-state index contributed by atoms with van der Waals surface area (Å²) < 4.78 is 6.67. The highest BCUT2D eigenvalue weighted by Gasteiger charge is 2.39. The van der Waals surface area contributed by atoms with Crippen LogP contribution in [0, 0.1) is 10.1 Å². The van der Waals surface area contributed by atoms with Crippen molar-refractivity contribution in [2.75, 3.05) is 6.61 Å². The van der Waals surface area contributed by atoms with Gasteiger partial charge in [0.1, 0.15) is 12.4 Å². The van der Waals surface area contributed by atoms with E-state index in [1.54, 1.807) is 0 Å². The van der Waals surface area contributed by atoms with Crippen LogP contribution in [0.25, 0.3) is 0 Å². The van der Waals surface area contributed by atoms with Crippen molar-refractivity contribution in [2.24, 2.45) is 0 Å². The summed E-state index contributed by atoms with van der Waals surface area (Å²) in [5.74, 6) is -0.311. The minimum Gasteiger partial charge on any atom is -0.394 e. The molecule has 0 aromatic carbocycles. The van der Waals surface area contributed by atoms with Gasteiger partial charge in [-0.15, -0.1) is 11.6 Å². The van der Waals surface area contributed by atoms with Crippen LogP contribution in [0.2, 0.25) is 0 Å². The normalized spacial score (nSPS) is 29.5. The second kappa shape index (κ2) is 4.36. The first kappa shape index (κ1) is 11.3. The third-order valence-corrected chi connectivity index (χ3v) is 2.81. The molecule has 1 aliphatic heterocycles. The van der Waals surface area contributed by atoms with Crippen LogP contribution < -0.4 is 0 Å². The molecule has 8 heteroatoms. The molecule has 0 aliphatic carbocycles. The van der Waals surface area contributed by atoms with E-state index >= 15 is 0 Å². The lowest BCUT2D eigenvalue weighted by Crippen LogP contribution is -2.17. The lowest BCUT2D eigenvalue weighted by atomic mass is 10.2. The van der Waals surface area contributed by atoms with E-state index in [0.29, 0.717) is 6.42 Å². The van der Waals surface area contributed by atoms with Gasteiger partial charge >= 0.3 is 5.95 Å². The third-order valence-electron chi connectivity index (χ3n) is 2.42. The predicted molar refractivity (Wildman–Crippen MR) is 54.1 cm³/mol. The van der Waals surface area contributed by atoms with Gasteiger partial charge in [0.25, 0.3) is 0 Å². The second-order valence-electron chi connectivity index (χ2n) is 3.47. The summed E-state index contributed by atoms with van der Waals surface area (Å²) in [6.45, 7) is -0.151. The van der Waals surface area contributed by atoms with Crippen LogP contribution in [0.15, 0.2) is 12.4 Å². The molecule has 16 heavy (non-hydrogen) atoms. The maximum Gasteiger partial charge on any atom is 0.436 e. The maximum absolute atomic E-state index is 10.7. The van der Waals surface area contributed by atoms with E-state index in [1.807, 2.05) is 0 Å². The molecule has 0 unspecified atom stereocenters. The fourth-order valence-electron chi connectivity index (χ4n) is 1.71. The number of hydrogen-bond acceptors (Lipinski definition) is 5. The lowest BCUT2D eigenvalue weighted by Gasteiger charge is -2.12. The number of aromatic nitrogens is 2. The van der Waals surface area contributed by atoms with E-state index in [1.165, 1.54) is 17.0 Å². The maximum atomic E-state index is 10.7. The van der Waals surface area contributed by atoms with E-state index in [-0.39, 0.29) is 18.7 Å². The molecule has 3 atom stereocenters. The van der Waals surface area contributed by atoms with Gasteiger partial charge in [0.05, 0.1) is 18.1 Å². The summed E-state index contributed by atoms with van der Waals surface area (Å²) in [6.07, 6.45) is 2.18. The fourth-order valence-corrected chi connectivity index (χ4v) is 2.09. The number of alkyl halides is 1. The van der Waals surface area contributed by atoms with Gasteiger partial charge in [-0.05, 0) is 11.3 Å². The number of ether oxygens (including phenoxy) is 1. The molecule has 7 nitrogen and oxygen atoms in total. The highest BCUT2D eigenvalue weighted by molar-refractivity contribution is 6.21. The largest absolute Gasteiger partial charge is 0.436 e. The molecular weight excluding hydrogens is 238 g/mol. The number of imidazole rings is 1. The average Bonchev–Trinajstić information content (AvgIpc) is 2.82. The SMILES string of the molecule is O=[N+]([O-])c1nccn1[C@@H]1O[C@H](CO)C[C@H]1Cl. The number of rotatable bonds is 3. The molecular formula is C8H10ClN3O4. The number of aliphatic hydroxyl groups is 1. The van der Waals surface area contributed by atoms with Crippen molar-refractivity contribution in [1.29, 1.82) is 0 Å². The molecule has 0 amide bonds. The Bertz CT molecular complexity index is 396. The van der Waals surface area contributed by atoms with Gasteiger partial charge in [-0.25, -0.2) is 4.57 Å². The summed E-state index contributed by atoms with van der Waals surface area (Å²) in [4.78, 5) is 13.7. The lowest BCUT2D eigenvalue weighted by molar-refractivity contribution is -0.398. The molecule has 0 radical (unpaired) electrons. The van der Waals surface area contributed by atoms with Crippen molar-refractivity contribution >= 4 is 17.5 Å².